The summed E-state index contributed by atoms with van der Waals surface area (Å²) >= 11 is 0. The Kier molecular flexibility index (Phi) is 7.17. The SMILES string of the molecule is CCOc1cc(C=NNC(=O)CCNC(=O)c2ccccc2)ccc1O. The van der Waals surface area contributed by atoms with E-state index in [1.807, 2.05) is 13.0 Å². The maximum absolute atomic E-state index is 11.8. The van der Waals surface area contributed by atoms with Crippen molar-refractivity contribution in [3.05, 3.63) is 59.7 Å². The maximum atomic E-state index is 11.8. The molecule has 0 spiro atoms. The van der Waals surface area contributed by atoms with E-state index in [0.717, 1.165) is 0 Å². The number of phenolic OH excluding ortho intramolecular Hbond substituents is 1. The summed E-state index contributed by atoms with van der Waals surface area (Å²) in [4.78, 5) is 23.6. The van der Waals surface area contributed by atoms with Gasteiger partial charge in [0.2, 0.25) is 5.91 Å². The zero-order valence-corrected chi connectivity index (χ0v) is 14.4. The number of carbonyl (C=O) groups excluding carboxylic acids is 2. The van der Waals surface area contributed by atoms with Crippen LogP contribution in [0, 0.1) is 0 Å². The maximum Gasteiger partial charge on any atom is 0.251 e. The number of carbonyl (C=O) groups is 2. The highest BCUT2D eigenvalue weighted by Gasteiger charge is 2.06. The molecule has 0 aliphatic rings. The Balaban J connectivity index is 1.75. The van der Waals surface area contributed by atoms with Gasteiger partial charge in [0.25, 0.3) is 5.91 Å². The van der Waals surface area contributed by atoms with E-state index in [0.29, 0.717) is 23.5 Å². The number of amides is 2. The molecule has 0 radical (unpaired) electrons. The quantitative estimate of drug-likeness (QED) is 0.498. The second kappa shape index (κ2) is 9.83. The fourth-order valence-corrected chi connectivity index (χ4v) is 2.10. The van der Waals surface area contributed by atoms with Gasteiger partial charge in [-0.2, -0.15) is 5.10 Å². The molecular weight excluding hydrogens is 334 g/mol. The van der Waals surface area contributed by atoms with E-state index in [4.69, 9.17) is 4.74 Å². The van der Waals surface area contributed by atoms with E-state index in [-0.39, 0.29) is 30.5 Å². The van der Waals surface area contributed by atoms with Crippen molar-refractivity contribution in [2.24, 2.45) is 5.10 Å². The van der Waals surface area contributed by atoms with E-state index in [1.165, 1.54) is 12.3 Å². The number of nitrogens with one attached hydrogen (secondary N) is 2. The lowest BCUT2D eigenvalue weighted by atomic mass is 10.2. The van der Waals surface area contributed by atoms with E-state index in [2.05, 4.69) is 15.8 Å². The van der Waals surface area contributed by atoms with Crippen molar-refractivity contribution >= 4 is 18.0 Å². The molecule has 0 aromatic heterocycles. The number of hydrazone groups is 1. The summed E-state index contributed by atoms with van der Waals surface area (Å²) in [6.45, 7) is 2.46. The largest absolute Gasteiger partial charge is 0.504 e. The lowest BCUT2D eigenvalue weighted by Gasteiger charge is -2.06. The molecule has 0 heterocycles. The van der Waals surface area contributed by atoms with Gasteiger partial charge in [-0.3, -0.25) is 9.59 Å². The summed E-state index contributed by atoms with van der Waals surface area (Å²) in [6, 6.07) is 13.5. The second-order valence-electron chi connectivity index (χ2n) is 5.33. The first-order chi connectivity index (χ1) is 12.6. The summed E-state index contributed by atoms with van der Waals surface area (Å²) in [5.74, 6) is -0.151. The highest BCUT2D eigenvalue weighted by atomic mass is 16.5. The number of benzene rings is 2. The Labute approximate surface area is 151 Å². The van der Waals surface area contributed by atoms with Crippen LogP contribution in [0.25, 0.3) is 0 Å². The Morgan fingerprint density at radius 1 is 1.19 bits per heavy atom. The van der Waals surface area contributed by atoms with Crippen LogP contribution in [0.5, 0.6) is 11.5 Å². The molecule has 26 heavy (non-hydrogen) atoms. The average Bonchev–Trinajstić information content (AvgIpc) is 2.65. The molecule has 2 aromatic carbocycles. The summed E-state index contributed by atoms with van der Waals surface area (Å²) in [5.41, 5.74) is 3.60. The molecule has 7 heteroatoms. The molecule has 2 aromatic rings. The number of rotatable bonds is 8. The zero-order valence-electron chi connectivity index (χ0n) is 14.4. The van der Waals surface area contributed by atoms with E-state index in [1.54, 1.807) is 36.4 Å². The fraction of sp³-hybridized carbons (Fsp3) is 0.211. The molecule has 0 fully saturated rings. The van der Waals surface area contributed by atoms with Gasteiger partial charge in [-0.15, -0.1) is 0 Å². The van der Waals surface area contributed by atoms with Crippen LogP contribution >= 0.6 is 0 Å². The molecule has 2 amide bonds. The first kappa shape index (κ1) is 19.0. The molecule has 7 nitrogen and oxygen atoms in total. The van der Waals surface area contributed by atoms with Crippen molar-refractivity contribution < 1.29 is 19.4 Å². The van der Waals surface area contributed by atoms with Gasteiger partial charge in [0.15, 0.2) is 11.5 Å². The van der Waals surface area contributed by atoms with Crippen molar-refractivity contribution in [3.8, 4) is 11.5 Å². The first-order valence-corrected chi connectivity index (χ1v) is 8.21. The number of ether oxygens (including phenoxy) is 1. The van der Waals surface area contributed by atoms with Crippen LogP contribution in [0.2, 0.25) is 0 Å². The van der Waals surface area contributed by atoms with Crippen molar-refractivity contribution in [1.82, 2.24) is 10.7 Å². The smallest absolute Gasteiger partial charge is 0.251 e. The third-order valence-electron chi connectivity index (χ3n) is 3.36. The van der Waals surface area contributed by atoms with E-state index >= 15 is 0 Å². The van der Waals surface area contributed by atoms with Crippen LogP contribution in [0.1, 0.15) is 29.3 Å². The van der Waals surface area contributed by atoms with Crippen molar-refractivity contribution in [2.75, 3.05) is 13.2 Å². The number of phenols is 1. The predicted molar refractivity (Wildman–Crippen MR) is 98.4 cm³/mol. The van der Waals surface area contributed by atoms with Gasteiger partial charge in [0.1, 0.15) is 0 Å². The molecule has 0 atom stereocenters. The zero-order chi connectivity index (χ0) is 18.8. The third-order valence-corrected chi connectivity index (χ3v) is 3.36. The molecule has 2 rings (SSSR count). The van der Waals surface area contributed by atoms with Crippen molar-refractivity contribution in [2.45, 2.75) is 13.3 Å². The van der Waals surface area contributed by atoms with Crippen LogP contribution in [0.3, 0.4) is 0 Å². The molecule has 0 unspecified atom stereocenters. The number of hydrogen-bond donors (Lipinski definition) is 3. The summed E-state index contributed by atoms with van der Waals surface area (Å²) < 4.78 is 5.28. The van der Waals surface area contributed by atoms with Gasteiger partial charge < -0.3 is 15.2 Å². The molecule has 0 aliphatic heterocycles. The summed E-state index contributed by atoms with van der Waals surface area (Å²) in [7, 11) is 0. The van der Waals surface area contributed by atoms with Crippen LogP contribution in [-0.2, 0) is 4.79 Å². The Hall–Kier alpha value is -3.35. The van der Waals surface area contributed by atoms with Crippen molar-refractivity contribution in [1.29, 1.82) is 0 Å². The minimum atomic E-state index is -0.321. The van der Waals surface area contributed by atoms with Crippen LogP contribution < -0.4 is 15.5 Å². The van der Waals surface area contributed by atoms with Gasteiger partial charge in [-0.05, 0) is 42.8 Å². The molecule has 136 valence electrons. The summed E-state index contributed by atoms with van der Waals surface area (Å²) in [5, 5.41) is 16.2. The van der Waals surface area contributed by atoms with Crippen molar-refractivity contribution in [3.63, 3.8) is 0 Å². The third kappa shape index (κ3) is 5.94. The lowest BCUT2D eigenvalue weighted by molar-refractivity contribution is -0.120. The van der Waals surface area contributed by atoms with Gasteiger partial charge in [0, 0.05) is 18.5 Å². The topological polar surface area (TPSA) is 100 Å². The van der Waals surface area contributed by atoms with Crippen LogP contribution in [-0.4, -0.2) is 36.3 Å². The highest BCUT2D eigenvalue weighted by Crippen LogP contribution is 2.26. The Bertz CT molecular complexity index is 776. The normalized spacial score (nSPS) is 10.5. The standard InChI is InChI=1S/C19H21N3O4/c1-2-26-17-12-14(8-9-16(17)23)13-21-22-18(24)10-11-20-19(25)15-6-4-3-5-7-15/h3-9,12-13,23H,2,10-11H2,1H3,(H,20,25)(H,22,24). The second-order valence-corrected chi connectivity index (χ2v) is 5.33. The van der Waals surface area contributed by atoms with Crippen LogP contribution in [0.4, 0.5) is 0 Å². The molecule has 3 N–H and O–H groups in total. The highest BCUT2D eigenvalue weighted by molar-refractivity contribution is 5.94. The lowest BCUT2D eigenvalue weighted by Crippen LogP contribution is -2.28. The molecule has 0 bridgehead atoms. The predicted octanol–water partition coefficient (Wildman–Crippen LogP) is 2.06. The van der Waals surface area contributed by atoms with E-state index < -0.39 is 0 Å². The number of nitrogens with zero attached hydrogens (tertiary/aromatic N) is 1. The minimum absolute atomic E-state index is 0.0437. The van der Waals surface area contributed by atoms with Gasteiger partial charge in [0.05, 0.1) is 12.8 Å². The summed E-state index contributed by atoms with van der Waals surface area (Å²) in [6.07, 6.45) is 1.55. The Morgan fingerprint density at radius 3 is 2.69 bits per heavy atom. The average molecular weight is 355 g/mol. The molecule has 0 aliphatic carbocycles. The fourth-order valence-electron chi connectivity index (χ4n) is 2.10. The van der Waals surface area contributed by atoms with E-state index in [9.17, 15) is 14.7 Å². The number of aromatic hydroxyl groups is 1. The molecule has 0 saturated carbocycles. The monoisotopic (exact) mass is 355 g/mol. The van der Waals surface area contributed by atoms with Gasteiger partial charge >= 0.3 is 0 Å². The van der Waals surface area contributed by atoms with Crippen LogP contribution in [0.15, 0.2) is 53.6 Å². The first-order valence-electron chi connectivity index (χ1n) is 8.21. The molecule has 0 saturated heterocycles. The van der Waals surface area contributed by atoms with Gasteiger partial charge in [-0.1, -0.05) is 18.2 Å². The number of hydrogen-bond acceptors (Lipinski definition) is 5. The minimum Gasteiger partial charge on any atom is -0.504 e. The Morgan fingerprint density at radius 2 is 1.96 bits per heavy atom. The van der Waals surface area contributed by atoms with Gasteiger partial charge in [-0.25, -0.2) is 5.43 Å². The molecular formula is C19H21N3O4.